The number of unbranched alkanes of at least 4 members (excludes halogenated alkanes) is 12. The van der Waals surface area contributed by atoms with Crippen molar-refractivity contribution < 1.29 is 34.3 Å². The van der Waals surface area contributed by atoms with E-state index in [2.05, 4.69) is 13.8 Å². The highest BCUT2D eigenvalue weighted by Crippen LogP contribution is 2.22. The first-order valence-corrected chi connectivity index (χ1v) is 14.1. The Morgan fingerprint density at radius 2 is 0.800 bits per heavy atom. The van der Waals surface area contributed by atoms with Crippen molar-refractivity contribution in [3.05, 3.63) is 0 Å². The summed E-state index contributed by atoms with van der Waals surface area (Å²) in [4.78, 5) is 0. The standard InChI is InChI=1S/C20H42O8S2/c1-3-5-7-9-11-13-15-17-19(27-29(21,22)23)20(28-30(24,25)26)18-16-14-12-10-8-6-4-2/h19-20H,3-18H2,1-2H3,(H,21,22,23)(H,24,25,26). The summed E-state index contributed by atoms with van der Waals surface area (Å²) in [5.74, 6) is 0. The zero-order valence-corrected chi connectivity index (χ0v) is 20.3. The van der Waals surface area contributed by atoms with E-state index >= 15 is 0 Å². The van der Waals surface area contributed by atoms with Gasteiger partial charge < -0.3 is 0 Å². The zero-order valence-electron chi connectivity index (χ0n) is 18.6. The van der Waals surface area contributed by atoms with Crippen LogP contribution in [-0.2, 0) is 29.2 Å². The monoisotopic (exact) mass is 474 g/mol. The quantitative estimate of drug-likeness (QED) is 0.161. The normalized spacial score (nSPS) is 14.7. The first-order chi connectivity index (χ1) is 14.1. The molecule has 0 radical (unpaired) electrons. The van der Waals surface area contributed by atoms with Crippen molar-refractivity contribution in [2.75, 3.05) is 0 Å². The summed E-state index contributed by atoms with van der Waals surface area (Å²) in [6.45, 7) is 4.27. The van der Waals surface area contributed by atoms with E-state index in [1.165, 1.54) is 12.8 Å². The molecule has 182 valence electrons. The van der Waals surface area contributed by atoms with Gasteiger partial charge in [-0.05, 0) is 12.8 Å². The topological polar surface area (TPSA) is 127 Å². The Morgan fingerprint density at radius 1 is 0.533 bits per heavy atom. The molecule has 0 aliphatic carbocycles. The average molecular weight is 475 g/mol. The van der Waals surface area contributed by atoms with Gasteiger partial charge in [0.2, 0.25) is 0 Å². The van der Waals surface area contributed by atoms with Crippen molar-refractivity contribution in [2.45, 2.75) is 129 Å². The van der Waals surface area contributed by atoms with Gasteiger partial charge in [0, 0.05) is 0 Å². The van der Waals surface area contributed by atoms with Crippen LogP contribution in [-0.4, -0.2) is 38.1 Å². The Morgan fingerprint density at radius 3 is 1.07 bits per heavy atom. The molecule has 0 aliphatic heterocycles. The molecule has 0 amide bonds. The largest absolute Gasteiger partial charge is 0.397 e. The van der Waals surface area contributed by atoms with Crippen LogP contribution in [0, 0.1) is 0 Å². The molecule has 0 saturated heterocycles. The first kappa shape index (κ1) is 29.7. The Hall–Kier alpha value is -0.260. The Kier molecular flexibility index (Phi) is 17.2. The van der Waals surface area contributed by atoms with E-state index in [4.69, 9.17) is 17.5 Å². The molecule has 0 bridgehead atoms. The molecule has 8 nitrogen and oxygen atoms in total. The molecular formula is C20H42O8S2. The van der Waals surface area contributed by atoms with E-state index < -0.39 is 33.0 Å². The van der Waals surface area contributed by atoms with Crippen LogP contribution in [0.4, 0.5) is 0 Å². The van der Waals surface area contributed by atoms with Gasteiger partial charge in [-0.1, -0.05) is 104 Å². The van der Waals surface area contributed by atoms with Gasteiger partial charge in [-0.25, -0.2) is 8.37 Å². The van der Waals surface area contributed by atoms with Crippen LogP contribution in [0.25, 0.3) is 0 Å². The summed E-state index contributed by atoms with van der Waals surface area (Å²) < 4.78 is 72.7. The molecule has 2 N–H and O–H groups in total. The minimum absolute atomic E-state index is 0.213. The maximum Gasteiger partial charge on any atom is 0.397 e. The van der Waals surface area contributed by atoms with Gasteiger partial charge in [-0.2, -0.15) is 16.8 Å². The lowest BCUT2D eigenvalue weighted by molar-refractivity contribution is 0.0331. The number of hydrogen-bond acceptors (Lipinski definition) is 6. The van der Waals surface area contributed by atoms with Crippen molar-refractivity contribution >= 4 is 20.8 Å². The van der Waals surface area contributed by atoms with Gasteiger partial charge in [0.05, 0.1) is 0 Å². The highest BCUT2D eigenvalue weighted by atomic mass is 32.3. The van der Waals surface area contributed by atoms with Crippen LogP contribution in [0.5, 0.6) is 0 Å². The van der Waals surface area contributed by atoms with E-state index in [1.807, 2.05) is 0 Å². The van der Waals surface area contributed by atoms with Gasteiger partial charge in [0.25, 0.3) is 0 Å². The Bertz CT molecular complexity index is 550. The fourth-order valence-corrected chi connectivity index (χ4v) is 4.57. The van der Waals surface area contributed by atoms with Crippen molar-refractivity contribution in [1.82, 2.24) is 0 Å². The molecule has 0 saturated carbocycles. The lowest BCUT2D eigenvalue weighted by Crippen LogP contribution is -2.35. The number of rotatable bonds is 21. The van der Waals surface area contributed by atoms with E-state index in [9.17, 15) is 16.8 Å². The third-order valence-electron chi connectivity index (χ3n) is 5.09. The van der Waals surface area contributed by atoms with E-state index in [-0.39, 0.29) is 12.8 Å². The van der Waals surface area contributed by atoms with Crippen molar-refractivity contribution in [2.24, 2.45) is 0 Å². The van der Waals surface area contributed by atoms with Crippen LogP contribution >= 0.6 is 0 Å². The second kappa shape index (κ2) is 17.3. The Balaban J connectivity index is 4.74. The lowest BCUT2D eigenvalue weighted by atomic mass is 9.99. The van der Waals surface area contributed by atoms with Gasteiger partial charge in [-0.15, -0.1) is 0 Å². The molecule has 0 rings (SSSR count). The summed E-state index contributed by atoms with van der Waals surface area (Å²) in [6, 6.07) is 0. The predicted molar refractivity (Wildman–Crippen MR) is 118 cm³/mol. The van der Waals surface area contributed by atoms with Gasteiger partial charge in [0.15, 0.2) is 0 Å². The summed E-state index contributed by atoms with van der Waals surface area (Å²) in [5, 5.41) is 0. The minimum Gasteiger partial charge on any atom is -0.264 e. The van der Waals surface area contributed by atoms with Gasteiger partial charge in [0.1, 0.15) is 12.2 Å². The second-order valence-corrected chi connectivity index (χ2v) is 10.0. The van der Waals surface area contributed by atoms with E-state index in [1.54, 1.807) is 0 Å². The summed E-state index contributed by atoms with van der Waals surface area (Å²) in [7, 11) is -9.56. The molecule has 0 heterocycles. The summed E-state index contributed by atoms with van der Waals surface area (Å²) >= 11 is 0. The molecule has 0 aromatic carbocycles. The number of hydrogen-bond donors (Lipinski definition) is 2. The molecule has 30 heavy (non-hydrogen) atoms. The molecular weight excluding hydrogens is 432 g/mol. The van der Waals surface area contributed by atoms with Gasteiger partial charge >= 0.3 is 20.8 Å². The highest BCUT2D eigenvalue weighted by molar-refractivity contribution is 7.81. The molecule has 2 unspecified atom stereocenters. The molecule has 0 fully saturated rings. The SMILES string of the molecule is CCCCCCCCCC(OS(=O)(=O)O)C(CCCCCCCCC)OS(=O)(=O)O. The van der Waals surface area contributed by atoms with Crippen molar-refractivity contribution in [3.63, 3.8) is 0 Å². The first-order valence-electron chi connectivity index (χ1n) is 11.4. The highest BCUT2D eigenvalue weighted by Gasteiger charge is 2.30. The fourth-order valence-electron chi connectivity index (χ4n) is 3.51. The third-order valence-corrected chi connectivity index (χ3v) is 6.07. The minimum atomic E-state index is -4.78. The van der Waals surface area contributed by atoms with Crippen LogP contribution in [0.1, 0.15) is 117 Å². The lowest BCUT2D eigenvalue weighted by Gasteiger charge is -2.24. The van der Waals surface area contributed by atoms with Gasteiger partial charge in [-0.3, -0.25) is 9.11 Å². The summed E-state index contributed by atoms with van der Waals surface area (Å²) in [6.07, 6.45) is 12.1. The maximum atomic E-state index is 11.3. The van der Waals surface area contributed by atoms with Crippen LogP contribution in [0.3, 0.4) is 0 Å². The summed E-state index contributed by atoms with van der Waals surface area (Å²) in [5.41, 5.74) is 0. The molecule has 10 heteroatoms. The zero-order chi connectivity index (χ0) is 22.9. The van der Waals surface area contributed by atoms with Crippen molar-refractivity contribution in [1.29, 1.82) is 0 Å². The van der Waals surface area contributed by atoms with Crippen LogP contribution < -0.4 is 0 Å². The molecule has 0 spiro atoms. The van der Waals surface area contributed by atoms with Crippen molar-refractivity contribution in [3.8, 4) is 0 Å². The molecule has 0 aromatic rings. The van der Waals surface area contributed by atoms with Crippen LogP contribution in [0.15, 0.2) is 0 Å². The average Bonchev–Trinajstić information content (AvgIpc) is 2.62. The molecule has 2 atom stereocenters. The fraction of sp³-hybridized carbons (Fsp3) is 1.00. The Labute approximate surface area is 184 Å². The van der Waals surface area contributed by atoms with E-state index in [0.29, 0.717) is 12.8 Å². The predicted octanol–water partition coefficient (Wildman–Crippen LogP) is 5.64. The maximum absolute atomic E-state index is 11.3. The smallest absolute Gasteiger partial charge is 0.264 e. The molecule has 0 aliphatic rings. The third kappa shape index (κ3) is 19.7. The van der Waals surface area contributed by atoms with Crippen LogP contribution in [0.2, 0.25) is 0 Å². The molecule has 0 aromatic heterocycles. The van der Waals surface area contributed by atoms with E-state index in [0.717, 1.165) is 64.2 Å². The second-order valence-electron chi connectivity index (χ2n) is 7.94.